The van der Waals surface area contributed by atoms with Crippen molar-refractivity contribution in [2.45, 2.75) is 26.2 Å². The Hall–Kier alpha value is -0.760. The molecule has 3 heteroatoms. The molecule has 14 heavy (non-hydrogen) atoms. The number of halogens is 1. The summed E-state index contributed by atoms with van der Waals surface area (Å²) >= 11 is 5.07. The van der Waals surface area contributed by atoms with Crippen LogP contribution >= 0.6 is 11.6 Å². The molecule has 1 atom stereocenters. The van der Waals surface area contributed by atoms with Crippen LogP contribution in [-0.4, -0.2) is 12.0 Å². The Labute approximate surface area is 89.6 Å². The quantitative estimate of drug-likeness (QED) is 0.529. The van der Waals surface area contributed by atoms with Crippen molar-refractivity contribution in [2.75, 3.05) is 6.61 Å². The molecular formula is C11H15ClO2. The Morgan fingerprint density at radius 1 is 1.79 bits per heavy atom. The van der Waals surface area contributed by atoms with E-state index in [1.165, 1.54) is 5.57 Å². The maximum Gasteiger partial charge on any atom is 0.404 e. The predicted octanol–water partition coefficient (Wildman–Crippen LogP) is 3.66. The molecule has 0 fully saturated rings. The van der Waals surface area contributed by atoms with Gasteiger partial charge in [0.2, 0.25) is 0 Å². The molecule has 0 N–H and O–H groups in total. The summed E-state index contributed by atoms with van der Waals surface area (Å²) in [4.78, 5) is 10.4. The van der Waals surface area contributed by atoms with Crippen LogP contribution in [0.5, 0.6) is 0 Å². The third-order valence-electron chi connectivity index (χ3n) is 2.57. The first-order valence-corrected chi connectivity index (χ1v) is 5.13. The Balaban J connectivity index is 2.37. The van der Waals surface area contributed by atoms with Crippen molar-refractivity contribution in [3.05, 3.63) is 23.8 Å². The first kappa shape index (κ1) is 11.3. The second-order valence-electron chi connectivity index (χ2n) is 3.71. The molecule has 1 aliphatic rings. The second kappa shape index (κ2) is 5.20. The maximum absolute atomic E-state index is 10.4. The highest BCUT2D eigenvalue weighted by Crippen LogP contribution is 2.28. The van der Waals surface area contributed by atoms with Gasteiger partial charge in [-0.3, -0.25) is 0 Å². The van der Waals surface area contributed by atoms with Gasteiger partial charge in [0.15, 0.2) is 0 Å². The third-order valence-corrected chi connectivity index (χ3v) is 2.68. The standard InChI is InChI=1S/C11H15ClO2/c1-8(2)10-5-3-9(4-6-10)7-14-11(12)13/h3,10H,1,4-7H2,2H3. The van der Waals surface area contributed by atoms with Gasteiger partial charge in [-0.1, -0.05) is 18.2 Å². The summed E-state index contributed by atoms with van der Waals surface area (Å²) in [6, 6.07) is 0. The van der Waals surface area contributed by atoms with E-state index in [1.54, 1.807) is 0 Å². The molecule has 0 radical (unpaired) electrons. The van der Waals surface area contributed by atoms with E-state index >= 15 is 0 Å². The number of carbonyl (C=O) groups excluding carboxylic acids is 1. The van der Waals surface area contributed by atoms with Gasteiger partial charge in [0.25, 0.3) is 0 Å². The van der Waals surface area contributed by atoms with Crippen LogP contribution in [0.3, 0.4) is 0 Å². The lowest BCUT2D eigenvalue weighted by Crippen LogP contribution is -2.10. The Morgan fingerprint density at radius 3 is 2.93 bits per heavy atom. The van der Waals surface area contributed by atoms with Crippen LogP contribution < -0.4 is 0 Å². The molecule has 1 rings (SSSR count). The van der Waals surface area contributed by atoms with E-state index in [1.807, 2.05) is 0 Å². The molecule has 78 valence electrons. The highest BCUT2D eigenvalue weighted by atomic mass is 35.5. The number of hydrogen-bond acceptors (Lipinski definition) is 2. The monoisotopic (exact) mass is 214 g/mol. The summed E-state index contributed by atoms with van der Waals surface area (Å²) in [5.41, 5.74) is 1.67. The summed E-state index contributed by atoms with van der Waals surface area (Å²) in [6.45, 7) is 6.34. The number of carbonyl (C=O) groups is 1. The van der Waals surface area contributed by atoms with Gasteiger partial charge in [-0.15, -0.1) is 0 Å². The minimum absolute atomic E-state index is 0.339. The molecule has 0 saturated carbocycles. The van der Waals surface area contributed by atoms with Gasteiger partial charge < -0.3 is 4.74 Å². The van der Waals surface area contributed by atoms with Crippen LogP contribution in [0.25, 0.3) is 0 Å². The van der Waals surface area contributed by atoms with Gasteiger partial charge in [0.1, 0.15) is 6.61 Å². The number of allylic oxidation sites excluding steroid dienone is 2. The number of hydrogen-bond donors (Lipinski definition) is 0. The van der Waals surface area contributed by atoms with Gasteiger partial charge in [-0.2, -0.15) is 0 Å². The topological polar surface area (TPSA) is 26.3 Å². The summed E-state index contributed by atoms with van der Waals surface area (Å²) in [6.07, 6.45) is 5.20. The lowest BCUT2D eigenvalue weighted by atomic mass is 9.86. The summed E-state index contributed by atoms with van der Waals surface area (Å²) in [7, 11) is 0. The number of rotatable bonds is 3. The van der Waals surface area contributed by atoms with Crippen molar-refractivity contribution in [3.63, 3.8) is 0 Å². The highest BCUT2D eigenvalue weighted by Gasteiger charge is 2.15. The van der Waals surface area contributed by atoms with E-state index in [4.69, 9.17) is 16.3 Å². The Kier molecular flexibility index (Phi) is 4.21. The van der Waals surface area contributed by atoms with Gasteiger partial charge in [0, 0.05) is 11.6 Å². The normalized spacial score (nSPS) is 21.3. The second-order valence-corrected chi connectivity index (χ2v) is 4.01. The van der Waals surface area contributed by atoms with Crippen molar-refractivity contribution in [1.82, 2.24) is 0 Å². The van der Waals surface area contributed by atoms with E-state index in [0.717, 1.165) is 24.8 Å². The molecule has 0 aliphatic heterocycles. The molecule has 0 saturated heterocycles. The van der Waals surface area contributed by atoms with Crippen molar-refractivity contribution >= 4 is 17.0 Å². The molecule has 2 nitrogen and oxygen atoms in total. The molecule has 0 heterocycles. The molecule has 0 aromatic rings. The lowest BCUT2D eigenvalue weighted by Gasteiger charge is -2.21. The molecule has 1 aliphatic carbocycles. The zero-order valence-electron chi connectivity index (χ0n) is 8.38. The van der Waals surface area contributed by atoms with E-state index in [-0.39, 0.29) is 0 Å². The van der Waals surface area contributed by atoms with Crippen LogP contribution in [0.15, 0.2) is 23.8 Å². The third kappa shape index (κ3) is 3.54. The van der Waals surface area contributed by atoms with Gasteiger partial charge in [-0.25, -0.2) is 4.79 Å². The van der Waals surface area contributed by atoms with E-state index in [0.29, 0.717) is 12.5 Å². The van der Waals surface area contributed by atoms with Crippen LogP contribution in [-0.2, 0) is 4.74 Å². The first-order chi connectivity index (χ1) is 6.59. The largest absolute Gasteiger partial charge is 0.449 e. The summed E-state index contributed by atoms with van der Waals surface area (Å²) in [5.74, 6) is 0.588. The zero-order chi connectivity index (χ0) is 10.6. The van der Waals surface area contributed by atoms with Crippen LogP contribution in [0.1, 0.15) is 26.2 Å². The molecule has 0 bridgehead atoms. The molecule has 0 aromatic carbocycles. The van der Waals surface area contributed by atoms with Crippen molar-refractivity contribution in [2.24, 2.45) is 5.92 Å². The Bertz CT molecular complexity index is 268. The zero-order valence-corrected chi connectivity index (χ0v) is 9.14. The maximum atomic E-state index is 10.4. The van der Waals surface area contributed by atoms with E-state index in [2.05, 4.69) is 19.6 Å². The van der Waals surface area contributed by atoms with E-state index < -0.39 is 5.43 Å². The molecule has 0 spiro atoms. The van der Waals surface area contributed by atoms with Gasteiger partial charge in [-0.05, 0) is 37.7 Å². The van der Waals surface area contributed by atoms with E-state index in [9.17, 15) is 4.79 Å². The lowest BCUT2D eigenvalue weighted by molar-refractivity contribution is 0.181. The molecule has 0 amide bonds. The van der Waals surface area contributed by atoms with Crippen LogP contribution in [0.2, 0.25) is 0 Å². The fourth-order valence-corrected chi connectivity index (χ4v) is 1.67. The molecular weight excluding hydrogens is 200 g/mol. The molecule has 1 unspecified atom stereocenters. The van der Waals surface area contributed by atoms with Crippen molar-refractivity contribution in [3.8, 4) is 0 Å². The summed E-state index contributed by atoms with van der Waals surface area (Å²) < 4.78 is 4.71. The van der Waals surface area contributed by atoms with Crippen molar-refractivity contribution in [1.29, 1.82) is 0 Å². The van der Waals surface area contributed by atoms with Gasteiger partial charge in [0.05, 0.1) is 0 Å². The smallest absolute Gasteiger partial charge is 0.404 e. The number of ether oxygens (including phenoxy) is 1. The van der Waals surface area contributed by atoms with Crippen LogP contribution in [0.4, 0.5) is 4.79 Å². The summed E-state index contributed by atoms with van der Waals surface area (Å²) in [5, 5.41) is 0. The minimum Gasteiger partial charge on any atom is -0.449 e. The first-order valence-electron chi connectivity index (χ1n) is 4.75. The Morgan fingerprint density at radius 2 is 2.50 bits per heavy atom. The fraction of sp³-hybridized carbons (Fsp3) is 0.545. The van der Waals surface area contributed by atoms with Crippen molar-refractivity contribution < 1.29 is 9.53 Å². The molecule has 0 aromatic heterocycles. The SMILES string of the molecule is C=C(C)C1CC=C(COC(=O)Cl)CC1. The van der Waals surface area contributed by atoms with Crippen LogP contribution in [0, 0.1) is 5.92 Å². The average molecular weight is 215 g/mol. The predicted molar refractivity (Wildman–Crippen MR) is 57.4 cm³/mol. The minimum atomic E-state index is -0.729. The van der Waals surface area contributed by atoms with Gasteiger partial charge >= 0.3 is 5.43 Å². The highest BCUT2D eigenvalue weighted by molar-refractivity contribution is 6.61. The fourth-order valence-electron chi connectivity index (χ4n) is 1.62. The average Bonchev–Trinajstić information content (AvgIpc) is 2.15.